The number of carbonyl (C=O) groups excluding carboxylic acids is 4. The molecule has 0 saturated carbocycles. The molecule has 0 heterocycles. The molecule has 0 aromatic carbocycles. The van der Waals surface area contributed by atoms with E-state index < -0.39 is 60.4 Å². The Morgan fingerprint density at radius 3 is 1.91 bits per heavy atom. The third-order valence-corrected chi connectivity index (χ3v) is 5.29. The number of nitrogens with two attached hydrogens (primary N) is 3. The largest absolute Gasteiger partial charge is 0.480 e. The van der Waals surface area contributed by atoms with Crippen LogP contribution in [0.15, 0.2) is 0 Å². The molecule has 190 valence electrons. The number of hydrogen-bond donors (Lipinski definition) is 8. The van der Waals surface area contributed by atoms with Gasteiger partial charge in [0.1, 0.15) is 24.2 Å². The van der Waals surface area contributed by atoms with Crippen LogP contribution in [0.2, 0.25) is 0 Å². The number of unbranched alkanes of at least 4 members (excludes halogenated alkanes) is 1. The van der Waals surface area contributed by atoms with Crippen LogP contribution >= 0.6 is 11.8 Å². The van der Waals surface area contributed by atoms with Crippen LogP contribution in [0.1, 0.15) is 38.5 Å². The fourth-order valence-electron chi connectivity index (χ4n) is 2.72. The number of carboxylic acid groups (broad SMARTS) is 1. The number of carbonyl (C=O) groups is 5. The van der Waals surface area contributed by atoms with Gasteiger partial charge in [-0.15, -0.1) is 0 Å². The third kappa shape index (κ3) is 13.0. The summed E-state index contributed by atoms with van der Waals surface area (Å²) in [5.41, 5.74) is 16.1. The van der Waals surface area contributed by atoms with Crippen LogP contribution in [0, 0.1) is 0 Å². The molecular weight excluding hydrogens is 456 g/mol. The van der Waals surface area contributed by atoms with E-state index in [1.54, 1.807) is 6.26 Å². The predicted molar refractivity (Wildman–Crippen MR) is 123 cm³/mol. The van der Waals surface area contributed by atoms with Gasteiger partial charge < -0.3 is 43.4 Å². The molecule has 0 rings (SSSR count). The Kier molecular flexibility index (Phi) is 15.9. The molecule has 4 amide bonds. The molecule has 0 aliphatic carbocycles. The van der Waals surface area contributed by atoms with Gasteiger partial charge in [-0.3, -0.25) is 19.2 Å². The highest BCUT2D eigenvalue weighted by Crippen LogP contribution is 2.07. The van der Waals surface area contributed by atoms with Crippen molar-refractivity contribution < 1.29 is 34.2 Å². The Bertz CT molecular complexity index is 667. The second-order valence-corrected chi connectivity index (χ2v) is 8.37. The lowest BCUT2D eigenvalue weighted by molar-refractivity contribution is -0.142. The summed E-state index contributed by atoms with van der Waals surface area (Å²) in [5, 5.41) is 25.7. The van der Waals surface area contributed by atoms with E-state index in [0.29, 0.717) is 25.1 Å². The molecule has 0 aromatic rings. The van der Waals surface area contributed by atoms with Crippen molar-refractivity contribution in [2.45, 2.75) is 62.7 Å². The van der Waals surface area contributed by atoms with Crippen molar-refractivity contribution in [1.29, 1.82) is 0 Å². The quantitative estimate of drug-likeness (QED) is 0.0901. The van der Waals surface area contributed by atoms with Gasteiger partial charge in [0.15, 0.2) is 0 Å². The number of aliphatic hydroxyl groups excluding tert-OH is 1. The van der Waals surface area contributed by atoms with Crippen molar-refractivity contribution in [2.75, 3.05) is 25.2 Å². The van der Waals surface area contributed by atoms with E-state index in [2.05, 4.69) is 16.0 Å². The van der Waals surface area contributed by atoms with Gasteiger partial charge >= 0.3 is 5.97 Å². The summed E-state index contributed by atoms with van der Waals surface area (Å²) in [6, 6.07) is -4.77. The number of thioether (sulfide) groups is 1. The van der Waals surface area contributed by atoms with Gasteiger partial charge in [0.25, 0.3) is 0 Å². The van der Waals surface area contributed by atoms with Crippen LogP contribution in [-0.2, 0) is 24.0 Å². The minimum Gasteiger partial charge on any atom is -0.480 e. The average molecular weight is 493 g/mol. The minimum atomic E-state index is -1.29. The molecule has 0 aromatic heterocycles. The van der Waals surface area contributed by atoms with Gasteiger partial charge in [-0.1, -0.05) is 0 Å². The van der Waals surface area contributed by atoms with Crippen LogP contribution in [0.3, 0.4) is 0 Å². The Labute approximate surface area is 196 Å². The number of rotatable bonds is 18. The van der Waals surface area contributed by atoms with E-state index in [-0.39, 0.29) is 25.7 Å². The first-order chi connectivity index (χ1) is 15.6. The number of hydrogen-bond acceptors (Lipinski definition) is 9. The summed E-state index contributed by atoms with van der Waals surface area (Å²) < 4.78 is 0. The highest BCUT2D eigenvalue weighted by molar-refractivity contribution is 7.98. The van der Waals surface area contributed by atoms with E-state index in [1.165, 1.54) is 11.8 Å². The van der Waals surface area contributed by atoms with Gasteiger partial charge in [-0.2, -0.15) is 11.8 Å². The Balaban J connectivity index is 5.47. The van der Waals surface area contributed by atoms with Gasteiger partial charge in [0.05, 0.1) is 6.61 Å². The topological polar surface area (TPSA) is 240 Å². The second kappa shape index (κ2) is 17.1. The molecule has 11 N–H and O–H groups in total. The van der Waals surface area contributed by atoms with E-state index >= 15 is 0 Å². The van der Waals surface area contributed by atoms with E-state index in [9.17, 15) is 29.1 Å². The number of primary amides is 1. The number of amides is 4. The highest BCUT2D eigenvalue weighted by atomic mass is 32.2. The standard InChI is InChI=1S/C19H36N6O7S/c1-33-9-7-14(19(31)32)25-17(29)12(4-2-3-8-20)24-18(30)13(5-6-15(22)27)23-16(28)11(21)10-26/h11-14,26H,2-10,20-21H2,1H3,(H2,22,27)(H,23,28)(H,24,30)(H,25,29)(H,31,32). The van der Waals surface area contributed by atoms with Gasteiger partial charge in [0.2, 0.25) is 23.6 Å². The first-order valence-corrected chi connectivity index (χ1v) is 11.9. The molecule has 4 unspecified atom stereocenters. The maximum absolute atomic E-state index is 12.8. The van der Waals surface area contributed by atoms with Gasteiger partial charge in [0, 0.05) is 6.42 Å². The summed E-state index contributed by atoms with van der Waals surface area (Å²) in [5.74, 6) is -3.69. The van der Waals surface area contributed by atoms with Crippen molar-refractivity contribution in [3.8, 4) is 0 Å². The zero-order valence-corrected chi connectivity index (χ0v) is 19.6. The second-order valence-electron chi connectivity index (χ2n) is 7.38. The molecule has 0 saturated heterocycles. The highest BCUT2D eigenvalue weighted by Gasteiger charge is 2.30. The van der Waals surface area contributed by atoms with E-state index in [4.69, 9.17) is 22.3 Å². The lowest BCUT2D eigenvalue weighted by Gasteiger charge is -2.25. The lowest BCUT2D eigenvalue weighted by atomic mass is 10.0. The lowest BCUT2D eigenvalue weighted by Crippen LogP contribution is -2.57. The summed E-state index contributed by atoms with van der Waals surface area (Å²) in [7, 11) is 0. The molecule has 4 atom stereocenters. The molecule has 33 heavy (non-hydrogen) atoms. The number of carboxylic acids is 1. The first kappa shape index (κ1) is 30.6. The monoisotopic (exact) mass is 492 g/mol. The maximum atomic E-state index is 12.8. The smallest absolute Gasteiger partial charge is 0.326 e. The molecule has 0 fully saturated rings. The summed E-state index contributed by atoms with van der Waals surface area (Å²) in [4.78, 5) is 60.3. The number of aliphatic carboxylic acids is 1. The van der Waals surface area contributed by atoms with E-state index in [1.807, 2.05) is 0 Å². The molecular formula is C19H36N6O7S. The van der Waals surface area contributed by atoms with Gasteiger partial charge in [-0.05, 0) is 50.7 Å². The van der Waals surface area contributed by atoms with Crippen molar-refractivity contribution in [2.24, 2.45) is 17.2 Å². The zero-order chi connectivity index (χ0) is 25.4. The van der Waals surface area contributed by atoms with Crippen molar-refractivity contribution in [3.05, 3.63) is 0 Å². The summed E-state index contributed by atoms with van der Waals surface area (Å²) in [6.45, 7) is -0.295. The fourth-order valence-corrected chi connectivity index (χ4v) is 3.19. The van der Waals surface area contributed by atoms with Crippen LogP contribution < -0.4 is 33.2 Å². The number of aliphatic hydroxyl groups is 1. The maximum Gasteiger partial charge on any atom is 0.326 e. The molecule has 0 spiro atoms. The van der Waals surface area contributed by atoms with E-state index in [0.717, 1.165) is 0 Å². The average Bonchev–Trinajstić information content (AvgIpc) is 2.77. The number of nitrogens with one attached hydrogen (secondary N) is 3. The first-order valence-electron chi connectivity index (χ1n) is 10.5. The Hall–Kier alpha value is -2.42. The van der Waals surface area contributed by atoms with Crippen molar-refractivity contribution in [3.63, 3.8) is 0 Å². The Morgan fingerprint density at radius 1 is 0.879 bits per heavy atom. The molecule has 0 radical (unpaired) electrons. The molecule has 0 bridgehead atoms. The van der Waals surface area contributed by atoms with Crippen LogP contribution in [0.25, 0.3) is 0 Å². The predicted octanol–water partition coefficient (Wildman–Crippen LogP) is -3.01. The van der Waals surface area contributed by atoms with Crippen LogP contribution in [0.4, 0.5) is 0 Å². The Morgan fingerprint density at radius 2 is 1.42 bits per heavy atom. The van der Waals surface area contributed by atoms with Crippen molar-refractivity contribution in [1.82, 2.24) is 16.0 Å². The minimum absolute atomic E-state index is 0.159. The summed E-state index contributed by atoms with van der Waals surface area (Å²) in [6.07, 6.45) is 2.84. The van der Waals surface area contributed by atoms with Gasteiger partial charge in [-0.25, -0.2) is 4.79 Å². The molecule has 0 aliphatic rings. The fraction of sp³-hybridized carbons (Fsp3) is 0.737. The zero-order valence-electron chi connectivity index (χ0n) is 18.7. The normalized spacial score (nSPS) is 14.4. The molecule has 14 heteroatoms. The van der Waals surface area contributed by atoms with Crippen LogP contribution in [-0.4, -0.2) is 89.1 Å². The third-order valence-electron chi connectivity index (χ3n) is 4.65. The summed E-state index contributed by atoms with van der Waals surface area (Å²) >= 11 is 1.43. The van der Waals surface area contributed by atoms with Crippen molar-refractivity contribution >= 4 is 41.4 Å². The van der Waals surface area contributed by atoms with Crippen LogP contribution in [0.5, 0.6) is 0 Å². The SMILES string of the molecule is CSCCC(NC(=O)C(CCCCN)NC(=O)C(CCC(N)=O)NC(=O)C(N)CO)C(=O)O. The molecule has 0 aliphatic heterocycles. The molecule has 13 nitrogen and oxygen atoms in total.